The molecule has 3 atom stereocenters. The van der Waals surface area contributed by atoms with Crippen molar-refractivity contribution < 1.29 is 5.11 Å². The molecule has 0 amide bonds. The van der Waals surface area contributed by atoms with Crippen LogP contribution in [0.25, 0.3) is 0 Å². The summed E-state index contributed by atoms with van der Waals surface area (Å²) in [4.78, 5) is 2.49. The lowest BCUT2D eigenvalue weighted by molar-refractivity contribution is 0.123. The molecule has 2 heterocycles. The standard InChI is InChI=1S/C15H24BrN3O/c1-3-12-15(16)13(19(4-2)17-12)9-18-7-10-5-6-14(20)11(10)8-18/h10-11,14,20H,3-9H2,1-2H3. The first-order valence-corrected chi connectivity index (χ1v) is 8.57. The van der Waals surface area contributed by atoms with Gasteiger partial charge in [-0.05, 0) is 48.0 Å². The van der Waals surface area contributed by atoms with Gasteiger partial charge in [-0.15, -0.1) is 0 Å². The fraction of sp³-hybridized carbons (Fsp3) is 0.800. The summed E-state index contributed by atoms with van der Waals surface area (Å²) in [5.41, 5.74) is 2.44. The van der Waals surface area contributed by atoms with Crippen molar-refractivity contribution in [1.82, 2.24) is 14.7 Å². The van der Waals surface area contributed by atoms with Crippen molar-refractivity contribution in [1.29, 1.82) is 0 Å². The van der Waals surface area contributed by atoms with E-state index in [4.69, 9.17) is 0 Å². The molecule has 2 fully saturated rings. The largest absolute Gasteiger partial charge is 0.393 e. The van der Waals surface area contributed by atoms with Gasteiger partial charge in [0.25, 0.3) is 0 Å². The van der Waals surface area contributed by atoms with Gasteiger partial charge in [0.05, 0.1) is 22.0 Å². The molecule has 0 bridgehead atoms. The molecule has 0 aromatic carbocycles. The number of hydrogen-bond donors (Lipinski definition) is 1. The molecular weight excluding hydrogens is 318 g/mol. The van der Waals surface area contributed by atoms with Crippen molar-refractivity contribution in [3.05, 3.63) is 15.9 Å². The second-order valence-corrected chi connectivity index (χ2v) is 6.93. The molecule has 1 aromatic rings. The molecule has 1 aromatic heterocycles. The maximum atomic E-state index is 10.0. The lowest BCUT2D eigenvalue weighted by atomic mass is 10.00. The molecule has 5 heteroatoms. The average Bonchev–Trinajstić information content (AvgIpc) is 3.08. The van der Waals surface area contributed by atoms with Crippen LogP contribution in [0.3, 0.4) is 0 Å². The number of halogens is 1. The third kappa shape index (κ3) is 2.44. The van der Waals surface area contributed by atoms with Crippen molar-refractivity contribution in [2.75, 3.05) is 13.1 Å². The van der Waals surface area contributed by atoms with E-state index in [0.29, 0.717) is 11.8 Å². The number of aryl methyl sites for hydroxylation is 2. The monoisotopic (exact) mass is 341 g/mol. The van der Waals surface area contributed by atoms with E-state index >= 15 is 0 Å². The summed E-state index contributed by atoms with van der Waals surface area (Å²) in [6.07, 6.45) is 3.08. The second-order valence-electron chi connectivity index (χ2n) is 6.14. The maximum Gasteiger partial charge on any atom is 0.0767 e. The Bertz CT molecular complexity index is 488. The van der Waals surface area contributed by atoms with E-state index in [-0.39, 0.29) is 6.10 Å². The van der Waals surface area contributed by atoms with Crippen LogP contribution in [0.5, 0.6) is 0 Å². The summed E-state index contributed by atoms with van der Waals surface area (Å²) in [5, 5.41) is 14.7. The van der Waals surface area contributed by atoms with Crippen LogP contribution < -0.4 is 0 Å². The van der Waals surface area contributed by atoms with Crippen LogP contribution in [0.2, 0.25) is 0 Å². The topological polar surface area (TPSA) is 41.3 Å². The van der Waals surface area contributed by atoms with E-state index in [2.05, 4.69) is 44.5 Å². The van der Waals surface area contributed by atoms with Gasteiger partial charge >= 0.3 is 0 Å². The number of aliphatic hydroxyl groups is 1. The molecule has 1 aliphatic heterocycles. The zero-order valence-electron chi connectivity index (χ0n) is 12.3. The van der Waals surface area contributed by atoms with Crippen molar-refractivity contribution in [2.45, 2.75) is 52.3 Å². The van der Waals surface area contributed by atoms with Crippen LogP contribution in [0, 0.1) is 11.8 Å². The molecule has 1 saturated carbocycles. The predicted octanol–water partition coefficient (Wildman–Crippen LogP) is 2.43. The minimum atomic E-state index is -0.0734. The zero-order chi connectivity index (χ0) is 14.3. The predicted molar refractivity (Wildman–Crippen MR) is 82.5 cm³/mol. The number of nitrogens with zero attached hydrogens (tertiary/aromatic N) is 3. The summed E-state index contributed by atoms with van der Waals surface area (Å²) in [6, 6.07) is 0. The molecule has 20 heavy (non-hydrogen) atoms. The van der Waals surface area contributed by atoms with Gasteiger partial charge in [-0.25, -0.2) is 0 Å². The zero-order valence-corrected chi connectivity index (χ0v) is 13.9. The van der Waals surface area contributed by atoms with Gasteiger partial charge in [0, 0.05) is 32.1 Å². The molecule has 3 unspecified atom stereocenters. The smallest absolute Gasteiger partial charge is 0.0767 e. The number of likely N-dealkylation sites (tertiary alicyclic amines) is 1. The van der Waals surface area contributed by atoms with E-state index < -0.39 is 0 Å². The summed E-state index contributed by atoms with van der Waals surface area (Å²) in [6.45, 7) is 8.32. The number of aliphatic hydroxyl groups excluding tert-OH is 1. The highest BCUT2D eigenvalue weighted by Gasteiger charge is 2.41. The van der Waals surface area contributed by atoms with Gasteiger partial charge in [0.15, 0.2) is 0 Å². The highest BCUT2D eigenvalue weighted by atomic mass is 79.9. The number of aromatic nitrogens is 2. The van der Waals surface area contributed by atoms with Crippen LogP contribution in [0.4, 0.5) is 0 Å². The van der Waals surface area contributed by atoms with Crippen molar-refractivity contribution >= 4 is 15.9 Å². The first-order valence-electron chi connectivity index (χ1n) is 7.78. The van der Waals surface area contributed by atoms with Crippen LogP contribution in [0.1, 0.15) is 38.1 Å². The first kappa shape index (κ1) is 14.5. The molecule has 0 radical (unpaired) electrons. The van der Waals surface area contributed by atoms with E-state index in [9.17, 15) is 5.11 Å². The van der Waals surface area contributed by atoms with E-state index in [1.165, 1.54) is 16.6 Å². The Morgan fingerprint density at radius 1 is 1.30 bits per heavy atom. The fourth-order valence-corrected chi connectivity index (χ4v) is 4.53. The molecule has 112 valence electrons. The Kier molecular flexibility index (Phi) is 4.20. The SMILES string of the molecule is CCc1nn(CC)c(CN2CC3CCC(O)C3C2)c1Br. The second kappa shape index (κ2) is 5.78. The van der Waals surface area contributed by atoms with Crippen LogP contribution in [-0.2, 0) is 19.5 Å². The Balaban J connectivity index is 1.74. The molecule has 4 nitrogen and oxygen atoms in total. The number of hydrogen-bond acceptors (Lipinski definition) is 3. The number of fused-ring (bicyclic) bond motifs is 1. The fourth-order valence-electron chi connectivity index (χ4n) is 3.84. The highest BCUT2D eigenvalue weighted by molar-refractivity contribution is 9.10. The van der Waals surface area contributed by atoms with E-state index in [0.717, 1.165) is 44.7 Å². The quantitative estimate of drug-likeness (QED) is 0.914. The lowest BCUT2D eigenvalue weighted by Gasteiger charge is -2.18. The summed E-state index contributed by atoms with van der Waals surface area (Å²) >= 11 is 3.72. The Morgan fingerprint density at radius 3 is 2.75 bits per heavy atom. The molecular formula is C15H24BrN3O. The first-order chi connectivity index (χ1) is 9.63. The Morgan fingerprint density at radius 2 is 2.10 bits per heavy atom. The minimum Gasteiger partial charge on any atom is -0.393 e. The van der Waals surface area contributed by atoms with Gasteiger partial charge in [-0.1, -0.05) is 6.92 Å². The van der Waals surface area contributed by atoms with Gasteiger partial charge in [0.1, 0.15) is 0 Å². The summed E-state index contributed by atoms with van der Waals surface area (Å²) < 4.78 is 3.30. The van der Waals surface area contributed by atoms with Gasteiger partial charge in [0.2, 0.25) is 0 Å². The Labute approximate surface area is 129 Å². The van der Waals surface area contributed by atoms with Crippen LogP contribution in [0.15, 0.2) is 4.47 Å². The van der Waals surface area contributed by atoms with Crippen LogP contribution >= 0.6 is 15.9 Å². The van der Waals surface area contributed by atoms with E-state index in [1.54, 1.807) is 0 Å². The van der Waals surface area contributed by atoms with Crippen molar-refractivity contribution in [3.63, 3.8) is 0 Å². The molecule has 2 aliphatic rings. The van der Waals surface area contributed by atoms with Gasteiger partial charge < -0.3 is 5.11 Å². The molecule has 0 spiro atoms. The summed E-state index contributed by atoms with van der Waals surface area (Å²) in [5.74, 6) is 1.20. The molecule has 3 rings (SSSR count). The third-order valence-electron chi connectivity index (χ3n) is 4.96. The van der Waals surface area contributed by atoms with Crippen molar-refractivity contribution in [3.8, 4) is 0 Å². The van der Waals surface area contributed by atoms with Crippen LogP contribution in [-0.4, -0.2) is 39.0 Å². The molecule has 1 saturated heterocycles. The number of rotatable bonds is 4. The normalized spacial score (nSPS) is 30.1. The molecule has 1 N–H and O–H groups in total. The minimum absolute atomic E-state index is 0.0734. The van der Waals surface area contributed by atoms with Crippen molar-refractivity contribution in [2.24, 2.45) is 11.8 Å². The van der Waals surface area contributed by atoms with E-state index in [1.807, 2.05) is 0 Å². The van der Waals surface area contributed by atoms with Gasteiger partial charge in [-0.2, -0.15) is 5.10 Å². The molecule has 1 aliphatic carbocycles. The summed E-state index contributed by atoms with van der Waals surface area (Å²) in [7, 11) is 0. The highest BCUT2D eigenvalue weighted by Crippen LogP contribution is 2.39. The third-order valence-corrected chi connectivity index (χ3v) is 5.88. The average molecular weight is 342 g/mol. The Hall–Kier alpha value is -0.390. The maximum absolute atomic E-state index is 10.0. The lowest BCUT2D eigenvalue weighted by Crippen LogP contribution is -2.25. The van der Waals surface area contributed by atoms with Gasteiger partial charge in [-0.3, -0.25) is 9.58 Å².